The zero-order valence-electron chi connectivity index (χ0n) is 19.3. The number of ketones is 1. The summed E-state index contributed by atoms with van der Waals surface area (Å²) >= 11 is 1.28. The van der Waals surface area contributed by atoms with Crippen molar-refractivity contribution in [3.05, 3.63) is 77.1 Å². The van der Waals surface area contributed by atoms with Crippen molar-refractivity contribution in [2.45, 2.75) is 13.0 Å². The fourth-order valence-corrected chi connectivity index (χ4v) is 4.81. The molecule has 182 valence electrons. The van der Waals surface area contributed by atoms with Crippen LogP contribution in [0.2, 0.25) is 0 Å². The number of anilines is 1. The van der Waals surface area contributed by atoms with Crippen LogP contribution in [0, 0.1) is 0 Å². The van der Waals surface area contributed by atoms with Gasteiger partial charge in [0, 0.05) is 55.2 Å². The van der Waals surface area contributed by atoms with Crippen LogP contribution in [0.25, 0.3) is 11.0 Å². The topological polar surface area (TPSA) is 128 Å². The van der Waals surface area contributed by atoms with E-state index >= 15 is 0 Å². The molecular weight excluding hydrogens is 480 g/mol. The molecule has 0 spiro atoms. The number of hydrogen-bond acceptors (Lipinski definition) is 7. The number of aromatic nitrogens is 3. The average molecular weight is 503 g/mol. The second-order valence-electron chi connectivity index (χ2n) is 8.37. The van der Waals surface area contributed by atoms with Gasteiger partial charge in [0.15, 0.2) is 5.13 Å². The second kappa shape index (κ2) is 9.70. The van der Waals surface area contributed by atoms with Gasteiger partial charge in [0.1, 0.15) is 5.52 Å². The molecule has 1 aliphatic rings. The number of thiazole rings is 1. The van der Waals surface area contributed by atoms with Crippen LogP contribution < -0.4 is 5.32 Å². The summed E-state index contributed by atoms with van der Waals surface area (Å²) in [5.74, 6) is -1.90. The summed E-state index contributed by atoms with van der Waals surface area (Å²) in [6.07, 6.45) is 4.40. The van der Waals surface area contributed by atoms with Crippen LogP contribution in [-0.4, -0.2) is 73.9 Å². The van der Waals surface area contributed by atoms with E-state index in [1.165, 1.54) is 34.7 Å². The Kier molecular flexibility index (Phi) is 6.30. The molecule has 36 heavy (non-hydrogen) atoms. The Morgan fingerprint density at radius 2 is 1.83 bits per heavy atom. The Balaban J connectivity index is 1.32. The third-order valence-electron chi connectivity index (χ3n) is 6.10. The molecule has 0 aliphatic carbocycles. The number of hydrogen-bond donors (Lipinski definition) is 2. The van der Waals surface area contributed by atoms with Crippen LogP contribution >= 0.6 is 11.3 Å². The van der Waals surface area contributed by atoms with Crippen LogP contribution in [0.15, 0.2) is 60.4 Å². The summed E-state index contributed by atoms with van der Waals surface area (Å²) < 4.78 is 0. The molecule has 3 amide bonds. The Labute approximate surface area is 210 Å². The van der Waals surface area contributed by atoms with Crippen molar-refractivity contribution in [2.75, 3.05) is 25.0 Å². The highest BCUT2D eigenvalue weighted by Gasteiger charge is 2.34. The maximum absolute atomic E-state index is 13.2. The first-order valence-corrected chi connectivity index (χ1v) is 12.2. The molecule has 5 rings (SSSR count). The molecule has 4 heterocycles. The number of fused-ring (bicyclic) bond motifs is 1. The van der Waals surface area contributed by atoms with Gasteiger partial charge in [0.2, 0.25) is 0 Å². The molecule has 2 N–H and O–H groups in total. The van der Waals surface area contributed by atoms with Crippen molar-refractivity contribution >= 4 is 51.0 Å². The van der Waals surface area contributed by atoms with E-state index in [1.807, 2.05) is 13.0 Å². The molecule has 0 bridgehead atoms. The largest absolute Gasteiger partial charge is 0.358 e. The first-order valence-electron chi connectivity index (χ1n) is 11.3. The van der Waals surface area contributed by atoms with Gasteiger partial charge in [-0.3, -0.25) is 29.5 Å². The van der Waals surface area contributed by atoms with Gasteiger partial charge in [-0.15, -0.1) is 11.3 Å². The number of pyridine rings is 1. The van der Waals surface area contributed by atoms with Crippen LogP contribution in [0.4, 0.5) is 5.13 Å². The Hall–Kier alpha value is -4.38. The molecule has 0 radical (unpaired) electrons. The first kappa shape index (κ1) is 23.4. The van der Waals surface area contributed by atoms with Crippen LogP contribution in [0.1, 0.15) is 38.0 Å². The fraction of sp³-hybridized carbons (Fsp3) is 0.200. The Bertz CT molecular complexity index is 1450. The lowest BCUT2D eigenvalue weighted by atomic mass is 10.1. The highest BCUT2D eigenvalue weighted by Crippen LogP contribution is 2.23. The van der Waals surface area contributed by atoms with Crippen molar-refractivity contribution in [3.8, 4) is 0 Å². The van der Waals surface area contributed by atoms with E-state index in [-0.39, 0.29) is 35.1 Å². The average Bonchev–Trinajstić information content (AvgIpc) is 3.57. The van der Waals surface area contributed by atoms with E-state index in [4.69, 9.17) is 0 Å². The molecule has 0 unspecified atom stereocenters. The number of rotatable bonds is 5. The van der Waals surface area contributed by atoms with E-state index in [2.05, 4.69) is 20.3 Å². The van der Waals surface area contributed by atoms with E-state index in [1.54, 1.807) is 40.7 Å². The van der Waals surface area contributed by atoms with E-state index in [9.17, 15) is 19.2 Å². The third kappa shape index (κ3) is 4.36. The molecule has 4 aromatic rings. The van der Waals surface area contributed by atoms with Gasteiger partial charge in [0.05, 0.1) is 16.6 Å². The molecule has 1 aliphatic heterocycles. The zero-order chi connectivity index (χ0) is 25.2. The number of aromatic amines is 1. The summed E-state index contributed by atoms with van der Waals surface area (Å²) in [4.78, 5) is 66.3. The number of Topliss-reactive ketones (excluding diaryl/α,β-unsaturated/α-hetero) is 1. The maximum Gasteiger partial charge on any atom is 0.295 e. The molecule has 1 saturated heterocycles. The van der Waals surface area contributed by atoms with Crippen LogP contribution in [0.5, 0.6) is 0 Å². The van der Waals surface area contributed by atoms with Gasteiger partial charge in [-0.1, -0.05) is 18.2 Å². The number of H-pyrrole nitrogens is 1. The summed E-state index contributed by atoms with van der Waals surface area (Å²) in [6, 6.07) is 10.1. The van der Waals surface area contributed by atoms with Crippen molar-refractivity contribution < 1.29 is 19.2 Å². The quantitative estimate of drug-likeness (QED) is 0.319. The van der Waals surface area contributed by atoms with Crippen molar-refractivity contribution in [1.82, 2.24) is 24.8 Å². The van der Waals surface area contributed by atoms with E-state index in [0.29, 0.717) is 29.3 Å². The summed E-state index contributed by atoms with van der Waals surface area (Å²) in [5, 5.41) is 4.89. The fourth-order valence-electron chi connectivity index (χ4n) is 4.29. The van der Waals surface area contributed by atoms with Gasteiger partial charge in [0.25, 0.3) is 23.5 Å². The predicted octanol–water partition coefficient (Wildman–Crippen LogP) is 2.83. The molecule has 1 fully saturated rings. The standard InChI is InChI=1S/C25H22N6O4S/c1-15-14-30(23(34)16-5-3-2-4-6-16)10-11-31(15)24(35)21(32)18-13-28-19-17(7-8-26-20(18)19)22(33)29-25-27-9-12-36-25/h2-9,12-13,15,28H,10-11,14H2,1H3,(H,27,29,33)/t15-/m0/s1. The number of carbonyl (C=O) groups excluding carboxylic acids is 4. The SMILES string of the molecule is C[C@H]1CN(C(=O)c2ccccc2)CCN1C(=O)C(=O)c1c[nH]c2c(C(=O)Nc3nccs3)ccnc12. The molecule has 0 saturated carbocycles. The lowest BCUT2D eigenvalue weighted by molar-refractivity contribution is -0.130. The minimum atomic E-state index is -0.721. The number of nitrogens with zero attached hydrogens (tertiary/aromatic N) is 4. The summed E-state index contributed by atoms with van der Waals surface area (Å²) in [5.41, 5.74) is 1.55. The minimum absolute atomic E-state index is 0.0916. The van der Waals surface area contributed by atoms with Gasteiger partial charge in [-0.25, -0.2) is 4.98 Å². The number of piperazine rings is 1. The number of carbonyl (C=O) groups is 4. The molecule has 1 atom stereocenters. The predicted molar refractivity (Wildman–Crippen MR) is 134 cm³/mol. The van der Waals surface area contributed by atoms with Gasteiger partial charge < -0.3 is 14.8 Å². The molecule has 3 aromatic heterocycles. The normalized spacial score (nSPS) is 15.6. The number of benzene rings is 1. The molecule has 1 aromatic carbocycles. The number of amides is 3. The van der Waals surface area contributed by atoms with E-state index < -0.39 is 17.6 Å². The summed E-state index contributed by atoms with van der Waals surface area (Å²) in [7, 11) is 0. The number of nitrogens with one attached hydrogen (secondary N) is 2. The smallest absolute Gasteiger partial charge is 0.295 e. The maximum atomic E-state index is 13.2. The Morgan fingerprint density at radius 1 is 1.03 bits per heavy atom. The molecule has 10 nitrogen and oxygen atoms in total. The highest BCUT2D eigenvalue weighted by atomic mass is 32.1. The monoisotopic (exact) mass is 502 g/mol. The lowest BCUT2D eigenvalue weighted by Gasteiger charge is -2.39. The summed E-state index contributed by atoms with van der Waals surface area (Å²) in [6.45, 7) is 2.69. The highest BCUT2D eigenvalue weighted by molar-refractivity contribution is 7.13. The second-order valence-corrected chi connectivity index (χ2v) is 9.26. The molecule has 11 heteroatoms. The van der Waals surface area contributed by atoms with Gasteiger partial charge in [-0.2, -0.15) is 0 Å². The van der Waals surface area contributed by atoms with Crippen LogP contribution in [0.3, 0.4) is 0 Å². The van der Waals surface area contributed by atoms with Crippen molar-refractivity contribution in [1.29, 1.82) is 0 Å². The van der Waals surface area contributed by atoms with Gasteiger partial charge in [-0.05, 0) is 25.1 Å². The van der Waals surface area contributed by atoms with E-state index in [0.717, 1.165) is 0 Å². The van der Waals surface area contributed by atoms with Crippen LogP contribution in [-0.2, 0) is 4.79 Å². The van der Waals surface area contributed by atoms with Crippen molar-refractivity contribution in [2.24, 2.45) is 0 Å². The zero-order valence-corrected chi connectivity index (χ0v) is 20.1. The van der Waals surface area contributed by atoms with Gasteiger partial charge >= 0.3 is 0 Å². The minimum Gasteiger partial charge on any atom is -0.358 e. The molecular formula is C25H22N6O4S. The third-order valence-corrected chi connectivity index (χ3v) is 6.79. The van der Waals surface area contributed by atoms with Crippen molar-refractivity contribution in [3.63, 3.8) is 0 Å². The lowest BCUT2D eigenvalue weighted by Crippen LogP contribution is -2.56. The first-order chi connectivity index (χ1) is 17.4. The Morgan fingerprint density at radius 3 is 2.56 bits per heavy atom.